The highest BCUT2D eigenvalue weighted by molar-refractivity contribution is 7.89. The molecule has 2 aromatic carbocycles. The molecule has 0 saturated heterocycles. The number of carbonyl (C=O) groups excluding carboxylic acids is 1. The summed E-state index contributed by atoms with van der Waals surface area (Å²) in [4.78, 5) is 11.3. The fraction of sp³-hybridized carbons (Fsp3) is 0.316. The first-order chi connectivity index (χ1) is 12.7. The first-order valence-corrected chi connectivity index (χ1v) is 9.90. The van der Waals surface area contributed by atoms with Crippen molar-refractivity contribution in [2.45, 2.75) is 38.3 Å². The number of sulfonamides is 1. The van der Waals surface area contributed by atoms with Crippen molar-refractivity contribution >= 4 is 21.6 Å². The molecule has 0 aliphatic heterocycles. The predicted octanol–water partition coefficient (Wildman–Crippen LogP) is 2.92. The third kappa shape index (κ3) is 5.97. The van der Waals surface area contributed by atoms with E-state index in [1.54, 1.807) is 24.3 Å². The van der Waals surface area contributed by atoms with Crippen LogP contribution in [0, 0.1) is 0 Å². The summed E-state index contributed by atoms with van der Waals surface area (Å²) in [6.07, 6.45) is 0.0715. The lowest BCUT2D eigenvalue weighted by molar-refractivity contribution is -0.114. The van der Waals surface area contributed by atoms with Crippen LogP contribution >= 0.6 is 0 Å². The highest BCUT2D eigenvalue weighted by atomic mass is 32.2. The fourth-order valence-electron chi connectivity index (χ4n) is 2.36. The first-order valence-electron chi connectivity index (χ1n) is 8.42. The molecular formula is C19H24N2O5S. The Kier molecular flexibility index (Phi) is 6.81. The summed E-state index contributed by atoms with van der Waals surface area (Å²) in [7, 11) is -2.31. The Morgan fingerprint density at radius 3 is 2.33 bits per heavy atom. The molecule has 1 amide bonds. The number of hydrogen-bond donors (Lipinski definition) is 2. The van der Waals surface area contributed by atoms with Crippen molar-refractivity contribution < 1.29 is 22.7 Å². The molecule has 27 heavy (non-hydrogen) atoms. The van der Waals surface area contributed by atoms with E-state index >= 15 is 0 Å². The second-order valence-corrected chi connectivity index (χ2v) is 7.95. The lowest BCUT2D eigenvalue weighted by atomic mass is 10.2. The number of nitrogens with one attached hydrogen (secondary N) is 2. The van der Waals surface area contributed by atoms with Crippen LogP contribution in [0.4, 0.5) is 5.69 Å². The van der Waals surface area contributed by atoms with Crippen molar-refractivity contribution in [1.29, 1.82) is 0 Å². The molecule has 0 aliphatic rings. The monoisotopic (exact) mass is 392 g/mol. The Labute approximate surface area is 159 Å². The molecule has 2 N–H and O–H groups in total. The van der Waals surface area contributed by atoms with Gasteiger partial charge in [0.05, 0.1) is 23.8 Å². The number of anilines is 1. The summed E-state index contributed by atoms with van der Waals surface area (Å²) < 4.78 is 38.4. The molecule has 0 atom stereocenters. The summed E-state index contributed by atoms with van der Waals surface area (Å²) in [5.74, 6) is 0.788. The minimum atomic E-state index is -3.76. The van der Waals surface area contributed by atoms with Crippen molar-refractivity contribution in [3.05, 3.63) is 48.0 Å². The van der Waals surface area contributed by atoms with Gasteiger partial charge in [-0.1, -0.05) is 12.1 Å². The van der Waals surface area contributed by atoms with Gasteiger partial charge < -0.3 is 14.8 Å². The third-order valence-corrected chi connectivity index (χ3v) is 4.95. The van der Waals surface area contributed by atoms with Gasteiger partial charge in [-0.05, 0) is 49.7 Å². The number of methoxy groups -OCH3 is 1. The molecule has 7 nitrogen and oxygen atoms in total. The number of ether oxygens (including phenoxy) is 2. The van der Waals surface area contributed by atoms with E-state index in [1.165, 1.54) is 32.2 Å². The van der Waals surface area contributed by atoms with Gasteiger partial charge in [0.25, 0.3) is 0 Å². The van der Waals surface area contributed by atoms with Crippen molar-refractivity contribution in [2.24, 2.45) is 0 Å². The SMILES string of the molecule is COc1ccc(S(=O)(=O)NCc2ccc(OC(C)C)cc2)cc1NC(C)=O. The maximum atomic E-state index is 12.6. The number of hydrogen-bond acceptors (Lipinski definition) is 5. The van der Waals surface area contributed by atoms with Crippen molar-refractivity contribution in [2.75, 3.05) is 12.4 Å². The van der Waals surface area contributed by atoms with Gasteiger partial charge >= 0.3 is 0 Å². The Balaban J connectivity index is 2.13. The van der Waals surface area contributed by atoms with Gasteiger partial charge in [-0.3, -0.25) is 4.79 Å². The molecule has 2 rings (SSSR count). The van der Waals surface area contributed by atoms with Gasteiger partial charge in [0.15, 0.2) is 0 Å². The summed E-state index contributed by atoms with van der Waals surface area (Å²) in [5, 5.41) is 2.56. The van der Waals surface area contributed by atoms with E-state index in [9.17, 15) is 13.2 Å². The van der Waals surface area contributed by atoms with E-state index in [-0.39, 0.29) is 23.5 Å². The smallest absolute Gasteiger partial charge is 0.240 e. The lowest BCUT2D eigenvalue weighted by Crippen LogP contribution is -2.23. The minimum absolute atomic E-state index is 0.0341. The van der Waals surface area contributed by atoms with Crippen molar-refractivity contribution in [3.63, 3.8) is 0 Å². The van der Waals surface area contributed by atoms with Gasteiger partial charge in [0.1, 0.15) is 11.5 Å². The third-order valence-electron chi connectivity index (χ3n) is 3.55. The Morgan fingerprint density at radius 1 is 1.11 bits per heavy atom. The molecule has 0 saturated carbocycles. The van der Waals surface area contributed by atoms with Crippen LogP contribution in [-0.4, -0.2) is 27.5 Å². The average molecular weight is 392 g/mol. The second-order valence-electron chi connectivity index (χ2n) is 6.18. The van der Waals surface area contributed by atoms with Gasteiger partial charge in [0, 0.05) is 13.5 Å². The van der Waals surface area contributed by atoms with Crippen molar-refractivity contribution in [3.8, 4) is 11.5 Å². The molecule has 146 valence electrons. The summed E-state index contributed by atoms with van der Waals surface area (Å²) in [5.41, 5.74) is 1.09. The fourth-order valence-corrected chi connectivity index (χ4v) is 3.40. The maximum absolute atomic E-state index is 12.6. The van der Waals surface area contributed by atoms with Gasteiger partial charge in [-0.25, -0.2) is 13.1 Å². The molecule has 0 unspecified atom stereocenters. The quantitative estimate of drug-likeness (QED) is 0.720. The number of rotatable bonds is 8. The van der Waals surface area contributed by atoms with Crippen molar-refractivity contribution in [1.82, 2.24) is 4.72 Å². The molecule has 0 radical (unpaired) electrons. The van der Waals surface area contributed by atoms with Crippen LogP contribution in [0.15, 0.2) is 47.4 Å². The van der Waals surface area contributed by atoms with E-state index in [0.717, 1.165) is 11.3 Å². The molecule has 0 heterocycles. The summed E-state index contributed by atoms with van der Waals surface area (Å²) in [6.45, 7) is 5.34. The standard InChI is InChI=1S/C19H24N2O5S/c1-13(2)26-16-7-5-15(6-8-16)12-20-27(23,24)17-9-10-19(25-4)18(11-17)21-14(3)22/h5-11,13,20H,12H2,1-4H3,(H,21,22). The Hall–Kier alpha value is -2.58. The van der Waals surface area contributed by atoms with E-state index in [0.29, 0.717) is 11.4 Å². The molecule has 0 aromatic heterocycles. The second kappa shape index (κ2) is 8.88. The van der Waals surface area contributed by atoms with Gasteiger partial charge in [-0.2, -0.15) is 0 Å². The van der Waals surface area contributed by atoms with Crippen LogP contribution in [-0.2, 0) is 21.4 Å². The largest absolute Gasteiger partial charge is 0.495 e. The average Bonchev–Trinajstić information content (AvgIpc) is 2.60. The van der Waals surface area contributed by atoms with E-state index in [1.807, 2.05) is 13.8 Å². The number of carbonyl (C=O) groups is 1. The van der Waals surface area contributed by atoms with Crippen LogP contribution < -0.4 is 19.5 Å². The van der Waals surface area contributed by atoms with Crippen LogP contribution in [0.1, 0.15) is 26.3 Å². The van der Waals surface area contributed by atoms with Crippen LogP contribution in [0.5, 0.6) is 11.5 Å². The van der Waals surface area contributed by atoms with Crippen LogP contribution in [0.3, 0.4) is 0 Å². The number of benzene rings is 2. The van der Waals surface area contributed by atoms with Gasteiger partial charge in [0.2, 0.25) is 15.9 Å². The molecule has 0 fully saturated rings. The predicted molar refractivity (Wildman–Crippen MR) is 104 cm³/mol. The highest BCUT2D eigenvalue weighted by Crippen LogP contribution is 2.27. The van der Waals surface area contributed by atoms with Gasteiger partial charge in [-0.15, -0.1) is 0 Å². The summed E-state index contributed by atoms with van der Waals surface area (Å²) >= 11 is 0. The van der Waals surface area contributed by atoms with E-state index in [4.69, 9.17) is 9.47 Å². The maximum Gasteiger partial charge on any atom is 0.240 e. The van der Waals surface area contributed by atoms with E-state index < -0.39 is 10.0 Å². The topological polar surface area (TPSA) is 93.7 Å². The van der Waals surface area contributed by atoms with Crippen LogP contribution in [0.2, 0.25) is 0 Å². The molecule has 8 heteroatoms. The molecule has 0 aliphatic carbocycles. The minimum Gasteiger partial charge on any atom is -0.495 e. The number of amides is 1. The Morgan fingerprint density at radius 2 is 1.78 bits per heavy atom. The zero-order valence-electron chi connectivity index (χ0n) is 15.8. The summed E-state index contributed by atoms with van der Waals surface area (Å²) in [6, 6.07) is 11.5. The zero-order chi connectivity index (χ0) is 20.0. The lowest BCUT2D eigenvalue weighted by Gasteiger charge is -2.13. The first kappa shape index (κ1) is 20.7. The molecule has 2 aromatic rings. The zero-order valence-corrected chi connectivity index (χ0v) is 16.6. The molecule has 0 bridgehead atoms. The Bertz CT molecular complexity index is 893. The highest BCUT2D eigenvalue weighted by Gasteiger charge is 2.17. The molecule has 0 spiro atoms. The normalized spacial score (nSPS) is 11.3. The van der Waals surface area contributed by atoms with E-state index in [2.05, 4.69) is 10.0 Å². The van der Waals surface area contributed by atoms with Crippen LogP contribution in [0.25, 0.3) is 0 Å². The molecular weight excluding hydrogens is 368 g/mol.